The van der Waals surface area contributed by atoms with Gasteiger partial charge in [-0.3, -0.25) is 14.9 Å². The van der Waals surface area contributed by atoms with E-state index in [2.05, 4.69) is 10.6 Å². The van der Waals surface area contributed by atoms with Crippen LogP contribution in [0.4, 0.5) is 0 Å². The Hall–Kier alpha value is -1.10. The molecule has 0 aromatic heterocycles. The van der Waals surface area contributed by atoms with Crippen LogP contribution in [0.1, 0.15) is 40.5 Å². The standard InChI is InChI=1S/C13H27N3O2/c1-6-11(7-2)15-12(17)9-14-10(4)13(18)16(5)8-3/h10-11,14H,6-9H2,1-5H3,(H,15,17). The molecule has 0 aliphatic carbocycles. The third kappa shape index (κ3) is 6.00. The Balaban J connectivity index is 4.01. The van der Waals surface area contributed by atoms with Crippen LogP contribution in [-0.2, 0) is 9.59 Å². The highest BCUT2D eigenvalue weighted by atomic mass is 16.2. The fourth-order valence-electron chi connectivity index (χ4n) is 1.59. The van der Waals surface area contributed by atoms with E-state index >= 15 is 0 Å². The molecule has 0 spiro atoms. The SMILES string of the molecule is CCC(CC)NC(=O)CNC(C)C(=O)N(C)CC. The lowest BCUT2D eigenvalue weighted by Gasteiger charge is -2.21. The van der Waals surface area contributed by atoms with Gasteiger partial charge in [0.25, 0.3) is 0 Å². The lowest BCUT2D eigenvalue weighted by Crippen LogP contribution is -2.47. The van der Waals surface area contributed by atoms with Crippen LogP contribution in [-0.4, -0.2) is 48.9 Å². The number of hydrogen-bond acceptors (Lipinski definition) is 3. The largest absolute Gasteiger partial charge is 0.352 e. The van der Waals surface area contributed by atoms with Crippen LogP contribution in [0.15, 0.2) is 0 Å². The first kappa shape index (κ1) is 16.9. The number of hydrogen-bond donors (Lipinski definition) is 2. The van der Waals surface area contributed by atoms with E-state index < -0.39 is 0 Å². The number of carbonyl (C=O) groups is 2. The van der Waals surface area contributed by atoms with Crippen molar-refractivity contribution in [3.63, 3.8) is 0 Å². The summed E-state index contributed by atoms with van der Waals surface area (Å²) >= 11 is 0. The van der Waals surface area contributed by atoms with Crippen molar-refractivity contribution in [1.82, 2.24) is 15.5 Å². The second-order valence-corrected chi connectivity index (χ2v) is 4.54. The molecule has 0 aliphatic rings. The van der Waals surface area contributed by atoms with Gasteiger partial charge in [-0.05, 0) is 26.7 Å². The maximum Gasteiger partial charge on any atom is 0.239 e. The van der Waals surface area contributed by atoms with Crippen LogP contribution in [0.3, 0.4) is 0 Å². The maximum absolute atomic E-state index is 11.8. The second kappa shape index (κ2) is 8.91. The zero-order chi connectivity index (χ0) is 14.1. The summed E-state index contributed by atoms with van der Waals surface area (Å²) in [7, 11) is 1.75. The smallest absolute Gasteiger partial charge is 0.239 e. The third-order valence-corrected chi connectivity index (χ3v) is 3.14. The average Bonchev–Trinajstić information content (AvgIpc) is 2.40. The molecule has 0 fully saturated rings. The summed E-state index contributed by atoms with van der Waals surface area (Å²) in [5.74, 6) is -0.0460. The molecule has 0 saturated heterocycles. The number of nitrogens with one attached hydrogen (secondary N) is 2. The fourth-order valence-corrected chi connectivity index (χ4v) is 1.59. The molecule has 0 aromatic rings. The molecule has 106 valence electrons. The van der Waals surface area contributed by atoms with Gasteiger partial charge in [-0.25, -0.2) is 0 Å². The Bertz CT molecular complexity index is 265. The van der Waals surface area contributed by atoms with E-state index in [0.717, 1.165) is 12.8 Å². The summed E-state index contributed by atoms with van der Waals surface area (Å²) in [5, 5.41) is 5.88. The van der Waals surface area contributed by atoms with Crippen molar-refractivity contribution in [2.24, 2.45) is 0 Å². The van der Waals surface area contributed by atoms with E-state index in [1.165, 1.54) is 0 Å². The Labute approximate surface area is 110 Å². The molecular weight excluding hydrogens is 230 g/mol. The fraction of sp³-hybridized carbons (Fsp3) is 0.846. The minimum atomic E-state index is -0.331. The van der Waals surface area contributed by atoms with E-state index in [-0.39, 0.29) is 30.4 Å². The van der Waals surface area contributed by atoms with Gasteiger partial charge in [0.05, 0.1) is 12.6 Å². The maximum atomic E-state index is 11.8. The van der Waals surface area contributed by atoms with Gasteiger partial charge in [-0.2, -0.15) is 0 Å². The molecule has 1 atom stereocenters. The lowest BCUT2D eigenvalue weighted by atomic mass is 10.2. The molecule has 0 aliphatic heterocycles. The Morgan fingerprint density at radius 2 is 1.72 bits per heavy atom. The van der Waals surface area contributed by atoms with Crippen LogP contribution >= 0.6 is 0 Å². The average molecular weight is 257 g/mol. The molecule has 2 N–H and O–H groups in total. The van der Waals surface area contributed by atoms with E-state index in [0.29, 0.717) is 6.54 Å². The van der Waals surface area contributed by atoms with Gasteiger partial charge < -0.3 is 10.2 Å². The summed E-state index contributed by atoms with van der Waals surface area (Å²) in [6.45, 7) is 8.64. The van der Waals surface area contributed by atoms with Crippen molar-refractivity contribution in [3.05, 3.63) is 0 Å². The van der Waals surface area contributed by atoms with E-state index in [1.807, 2.05) is 20.8 Å². The highest BCUT2D eigenvalue weighted by molar-refractivity contribution is 5.83. The molecule has 0 heterocycles. The van der Waals surface area contributed by atoms with E-state index in [1.54, 1.807) is 18.9 Å². The molecule has 0 bridgehead atoms. The summed E-state index contributed by atoms with van der Waals surface area (Å²) < 4.78 is 0. The number of likely N-dealkylation sites (N-methyl/N-ethyl adjacent to an activating group) is 1. The van der Waals surface area contributed by atoms with Crippen molar-refractivity contribution >= 4 is 11.8 Å². The van der Waals surface area contributed by atoms with E-state index in [9.17, 15) is 9.59 Å². The first-order valence-electron chi connectivity index (χ1n) is 6.73. The van der Waals surface area contributed by atoms with Gasteiger partial charge in [0, 0.05) is 19.6 Å². The second-order valence-electron chi connectivity index (χ2n) is 4.54. The number of amides is 2. The van der Waals surface area contributed by atoms with Gasteiger partial charge >= 0.3 is 0 Å². The van der Waals surface area contributed by atoms with Crippen molar-refractivity contribution in [3.8, 4) is 0 Å². The summed E-state index contributed by atoms with van der Waals surface area (Å²) in [4.78, 5) is 25.0. The highest BCUT2D eigenvalue weighted by Crippen LogP contribution is 1.95. The van der Waals surface area contributed by atoms with Gasteiger partial charge in [0.1, 0.15) is 0 Å². The zero-order valence-electron chi connectivity index (χ0n) is 12.2. The van der Waals surface area contributed by atoms with Gasteiger partial charge in [0.2, 0.25) is 11.8 Å². The molecule has 1 unspecified atom stereocenters. The Morgan fingerprint density at radius 1 is 1.17 bits per heavy atom. The lowest BCUT2D eigenvalue weighted by molar-refractivity contribution is -0.131. The van der Waals surface area contributed by atoms with Gasteiger partial charge in [-0.1, -0.05) is 13.8 Å². The minimum absolute atomic E-state index is 0.00725. The Morgan fingerprint density at radius 3 is 2.17 bits per heavy atom. The molecule has 18 heavy (non-hydrogen) atoms. The monoisotopic (exact) mass is 257 g/mol. The predicted molar refractivity (Wildman–Crippen MR) is 73.3 cm³/mol. The molecular formula is C13H27N3O2. The zero-order valence-corrected chi connectivity index (χ0v) is 12.2. The third-order valence-electron chi connectivity index (χ3n) is 3.14. The van der Waals surface area contributed by atoms with Crippen molar-refractivity contribution < 1.29 is 9.59 Å². The highest BCUT2D eigenvalue weighted by Gasteiger charge is 2.17. The first-order valence-corrected chi connectivity index (χ1v) is 6.73. The van der Waals surface area contributed by atoms with Crippen LogP contribution in [0.5, 0.6) is 0 Å². The van der Waals surface area contributed by atoms with Crippen LogP contribution < -0.4 is 10.6 Å². The van der Waals surface area contributed by atoms with Crippen molar-refractivity contribution in [2.45, 2.75) is 52.6 Å². The predicted octanol–water partition coefficient (Wildman–Crippen LogP) is 0.748. The molecule has 0 rings (SSSR count). The molecule has 5 nitrogen and oxygen atoms in total. The normalized spacial score (nSPS) is 12.3. The summed E-state index contributed by atoms with van der Waals surface area (Å²) in [5.41, 5.74) is 0. The number of carbonyl (C=O) groups excluding carboxylic acids is 2. The quantitative estimate of drug-likeness (QED) is 0.674. The molecule has 0 saturated carbocycles. The van der Waals surface area contributed by atoms with Crippen LogP contribution in [0.25, 0.3) is 0 Å². The van der Waals surface area contributed by atoms with Crippen LogP contribution in [0.2, 0.25) is 0 Å². The Kier molecular flexibility index (Phi) is 8.37. The van der Waals surface area contributed by atoms with E-state index in [4.69, 9.17) is 0 Å². The first-order chi connectivity index (χ1) is 8.46. The van der Waals surface area contributed by atoms with Gasteiger partial charge in [0.15, 0.2) is 0 Å². The summed E-state index contributed by atoms with van der Waals surface area (Å²) in [6, 6.07) is -0.106. The van der Waals surface area contributed by atoms with Crippen molar-refractivity contribution in [2.75, 3.05) is 20.1 Å². The topological polar surface area (TPSA) is 61.4 Å². The van der Waals surface area contributed by atoms with Crippen molar-refractivity contribution in [1.29, 1.82) is 0 Å². The number of nitrogens with zero attached hydrogens (tertiary/aromatic N) is 1. The van der Waals surface area contributed by atoms with Gasteiger partial charge in [-0.15, -0.1) is 0 Å². The van der Waals surface area contributed by atoms with Crippen LogP contribution in [0, 0.1) is 0 Å². The summed E-state index contributed by atoms with van der Waals surface area (Å²) in [6.07, 6.45) is 1.85. The number of rotatable bonds is 8. The molecule has 0 aromatic carbocycles. The minimum Gasteiger partial charge on any atom is -0.352 e. The molecule has 2 amide bonds. The molecule has 5 heteroatoms. The molecule has 0 radical (unpaired) electrons.